The van der Waals surface area contributed by atoms with E-state index in [1.165, 1.54) is 6.33 Å². The smallest absolute Gasteiger partial charge is 0.319 e. The van der Waals surface area contributed by atoms with Crippen molar-refractivity contribution in [1.82, 2.24) is 25.1 Å². The van der Waals surface area contributed by atoms with Crippen LogP contribution in [0.4, 0.5) is 16.2 Å². The molecule has 0 radical (unpaired) electrons. The van der Waals surface area contributed by atoms with Gasteiger partial charge in [-0.15, -0.1) is 0 Å². The molecule has 166 valence electrons. The number of nitrogens with one attached hydrogen (secondary N) is 2. The highest BCUT2D eigenvalue weighted by atomic mass is 16.2. The number of aromatic nitrogens is 4. The van der Waals surface area contributed by atoms with Crippen LogP contribution in [-0.2, 0) is 17.8 Å². The van der Waals surface area contributed by atoms with Crippen molar-refractivity contribution >= 4 is 23.3 Å². The molecule has 3 amide bonds. The van der Waals surface area contributed by atoms with Gasteiger partial charge in [-0.25, -0.2) is 19.4 Å². The maximum absolute atomic E-state index is 12.5. The van der Waals surface area contributed by atoms with Gasteiger partial charge in [0.05, 0.1) is 6.42 Å². The number of pyridine rings is 1. The van der Waals surface area contributed by atoms with Gasteiger partial charge in [0.1, 0.15) is 12.7 Å². The van der Waals surface area contributed by atoms with Gasteiger partial charge in [0.2, 0.25) is 5.91 Å². The van der Waals surface area contributed by atoms with E-state index in [2.05, 4.69) is 25.7 Å². The summed E-state index contributed by atoms with van der Waals surface area (Å²) in [6.45, 7) is 0.328. The van der Waals surface area contributed by atoms with Crippen molar-refractivity contribution in [2.24, 2.45) is 0 Å². The van der Waals surface area contributed by atoms with Crippen LogP contribution in [-0.4, -0.2) is 38.7 Å². The predicted molar refractivity (Wildman–Crippen MR) is 125 cm³/mol. The lowest BCUT2D eigenvalue weighted by molar-refractivity contribution is -0.117. The van der Waals surface area contributed by atoms with Gasteiger partial charge in [0, 0.05) is 31.2 Å². The molecule has 33 heavy (non-hydrogen) atoms. The number of benzene rings is 2. The number of para-hydroxylation sites is 1. The molecule has 0 spiro atoms. The zero-order valence-corrected chi connectivity index (χ0v) is 18.0. The van der Waals surface area contributed by atoms with Crippen molar-refractivity contribution in [2.75, 3.05) is 17.3 Å². The summed E-state index contributed by atoms with van der Waals surface area (Å²) in [5.41, 5.74) is 3.21. The second-order valence-corrected chi connectivity index (χ2v) is 7.33. The average molecular weight is 441 g/mol. The Morgan fingerprint density at radius 2 is 1.73 bits per heavy atom. The van der Waals surface area contributed by atoms with Crippen LogP contribution in [0.2, 0.25) is 0 Å². The highest BCUT2D eigenvalue weighted by Gasteiger charge is 2.11. The molecular weight excluding hydrogens is 418 g/mol. The van der Waals surface area contributed by atoms with Gasteiger partial charge in [-0.3, -0.25) is 4.79 Å². The second kappa shape index (κ2) is 10.2. The van der Waals surface area contributed by atoms with Crippen molar-refractivity contribution in [3.05, 3.63) is 96.7 Å². The lowest BCUT2D eigenvalue weighted by atomic mass is 10.1. The van der Waals surface area contributed by atoms with E-state index in [1.807, 2.05) is 48.5 Å². The number of hydrogen-bond donors (Lipinski definition) is 2. The van der Waals surface area contributed by atoms with E-state index in [0.717, 1.165) is 16.8 Å². The molecule has 4 aromatic rings. The number of carbonyl (C=O) groups is 2. The summed E-state index contributed by atoms with van der Waals surface area (Å²) < 4.78 is 1.56. The maximum atomic E-state index is 12.5. The molecule has 2 heterocycles. The van der Waals surface area contributed by atoms with Gasteiger partial charge in [-0.05, 0) is 41.5 Å². The van der Waals surface area contributed by atoms with E-state index in [0.29, 0.717) is 18.1 Å². The number of likely N-dealkylation sites (N-methyl/N-ethyl adjacent to an activating group) is 1. The molecule has 0 aliphatic rings. The Bertz CT molecular complexity index is 1190. The molecule has 0 bridgehead atoms. The number of amides is 3. The van der Waals surface area contributed by atoms with Crippen LogP contribution in [0.25, 0.3) is 5.82 Å². The minimum Gasteiger partial charge on any atom is -0.334 e. The van der Waals surface area contributed by atoms with Gasteiger partial charge < -0.3 is 15.5 Å². The normalized spacial score (nSPS) is 10.5. The van der Waals surface area contributed by atoms with Crippen LogP contribution in [0.15, 0.2) is 85.6 Å². The van der Waals surface area contributed by atoms with Crippen molar-refractivity contribution in [2.45, 2.75) is 13.0 Å². The monoisotopic (exact) mass is 441 g/mol. The van der Waals surface area contributed by atoms with Gasteiger partial charge >= 0.3 is 6.03 Å². The van der Waals surface area contributed by atoms with Crippen molar-refractivity contribution in [3.63, 3.8) is 0 Å². The van der Waals surface area contributed by atoms with Crippen LogP contribution < -0.4 is 15.5 Å². The molecule has 9 heteroatoms. The van der Waals surface area contributed by atoms with Crippen LogP contribution in [0.3, 0.4) is 0 Å². The van der Waals surface area contributed by atoms with E-state index in [9.17, 15) is 9.59 Å². The first-order valence-electron chi connectivity index (χ1n) is 10.3. The summed E-state index contributed by atoms with van der Waals surface area (Å²) in [4.78, 5) is 34.6. The molecule has 0 saturated heterocycles. The van der Waals surface area contributed by atoms with Gasteiger partial charge in [0.15, 0.2) is 5.82 Å². The SMILES string of the molecule is CN(C(=O)Cc1ccc(NC(=O)NCc2ccc(-n3cncn3)nc2)cc1)c1ccccc1. The standard InChI is InChI=1S/C24H23N7O2/c1-30(21-5-3-2-4-6-21)23(32)13-18-7-10-20(11-8-18)29-24(33)27-15-19-9-12-22(26-14-19)31-17-25-16-28-31/h2-12,14,16-17H,13,15H2,1H3,(H2,27,29,33). The highest BCUT2D eigenvalue weighted by Crippen LogP contribution is 2.15. The summed E-state index contributed by atoms with van der Waals surface area (Å²) in [6.07, 6.45) is 4.95. The Kier molecular flexibility index (Phi) is 6.70. The molecule has 0 atom stereocenters. The summed E-state index contributed by atoms with van der Waals surface area (Å²) in [5, 5.41) is 9.61. The van der Waals surface area contributed by atoms with E-state index in [1.54, 1.807) is 47.4 Å². The molecule has 0 saturated carbocycles. The van der Waals surface area contributed by atoms with E-state index in [4.69, 9.17) is 0 Å². The molecular formula is C24H23N7O2. The zero-order chi connectivity index (χ0) is 23.0. The summed E-state index contributed by atoms with van der Waals surface area (Å²) in [7, 11) is 1.76. The third kappa shape index (κ3) is 5.79. The van der Waals surface area contributed by atoms with Gasteiger partial charge in [-0.1, -0.05) is 36.4 Å². The topological polar surface area (TPSA) is 105 Å². The Hall–Kier alpha value is -4.53. The first-order chi connectivity index (χ1) is 16.1. The number of nitrogens with zero attached hydrogens (tertiary/aromatic N) is 5. The first-order valence-corrected chi connectivity index (χ1v) is 10.3. The lowest BCUT2D eigenvalue weighted by Gasteiger charge is -2.17. The summed E-state index contributed by atoms with van der Waals surface area (Å²) >= 11 is 0. The fourth-order valence-electron chi connectivity index (χ4n) is 3.14. The minimum atomic E-state index is -0.331. The van der Waals surface area contributed by atoms with E-state index < -0.39 is 0 Å². The molecule has 2 aromatic heterocycles. The zero-order valence-electron chi connectivity index (χ0n) is 18.0. The van der Waals surface area contributed by atoms with Crippen molar-refractivity contribution < 1.29 is 9.59 Å². The Labute approximate surface area is 191 Å². The summed E-state index contributed by atoms with van der Waals surface area (Å²) in [6, 6.07) is 20.1. The summed E-state index contributed by atoms with van der Waals surface area (Å²) in [5.74, 6) is 0.636. The van der Waals surface area contributed by atoms with Gasteiger partial charge in [-0.2, -0.15) is 5.10 Å². The second-order valence-electron chi connectivity index (χ2n) is 7.33. The molecule has 4 rings (SSSR count). The van der Waals surface area contributed by atoms with Gasteiger partial charge in [0.25, 0.3) is 0 Å². The molecule has 0 fully saturated rings. The number of carbonyl (C=O) groups excluding carboxylic acids is 2. The van der Waals surface area contributed by atoms with Crippen molar-refractivity contribution in [3.8, 4) is 5.82 Å². The number of anilines is 2. The Morgan fingerprint density at radius 1 is 0.970 bits per heavy atom. The number of urea groups is 1. The van der Waals surface area contributed by atoms with Crippen LogP contribution >= 0.6 is 0 Å². The minimum absolute atomic E-state index is 0.0110. The predicted octanol–water partition coefficient (Wildman–Crippen LogP) is 3.19. The Morgan fingerprint density at radius 3 is 2.39 bits per heavy atom. The molecule has 2 N–H and O–H groups in total. The maximum Gasteiger partial charge on any atom is 0.319 e. The van der Waals surface area contributed by atoms with Crippen molar-refractivity contribution in [1.29, 1.82) is 0 Å². The fourth-order valence-corrected chi connectivity index (χ4v) is 3.14. The first kappa shape index (κ1) is 21.7. The molecule has 0 aliphatic heterocycles. The Balaban J connectivity index is 1.25. The van der Waals surface area contributed by atoms with Crippen LogP contribution in [0.5, 0.6) is 0 Å². The van der Waals surface area contributed by atoms with E-state index >= 15 is 0 Å². The fraction of sp³-hybridized carbons (Fsp3) is 0.125. The van der Waals surface area contributed by atoms with E-state index in [-0.39, 0.29) is 18.4 Å². The molecule has 9 nitrogen and oxygen atoms in total. The number of rotatable bonds is 7. The third-order valence-electron chi connectivity index (χ3n) is 5.00. The molecule has 2 aromatic carbocycles. The molecule has 0 aliphatic carbocycles. The van der Waals surface area contributed by atoms with Crippen LogP contribution in [0.1, 0.15) is 11.1 Å². The third-order valence-corrected chi connectivity index (χ3v) is 5.00. The quantitative estimate of drug-likeness (QED) is 0.458. The highest BCUT2D eigenvalue weighted by molar-refractivity contribution is 5.94. The average Bonchev–Trinajstić information content (AvgIpc) is 3.39. The number of hydrogen-bond acceptors (Lipinski definition) is 5. The molecule has 0 unspecified atom stereocenters. The largest absolute Gasteiger partial charge is 0.334 e. The lowest BCUT2D eigenvalue weighted by Crippen LogP contribution is -2.28. The van der Waals surface area contributed by atoms with Crippen LogP contribution in [0, 0.1) is 0 Å².